The molecule has 0 aromatic rings. The van der Waals surface area contributed by atoms with Crippen LogP contribution in [0.2, 0.25) is 0 Å². The van der Waals surface area contributed by atoms with Crippen molar-refractivity contribution >= 4 is 5.97 Å². The summed E-state index contributed by atoms with van der Waals surface area (Å²) in [6.07, 6.45) is 16.2. The molecule has 0 atom stereocenters. The molecule has 0 aromatic carbocycles. The minimum absolute atomic E-state index is 0.276. The van der Waals surface area contributed by atoms with Crippen molar-refractivity contribution in [2.24, 2.45) is 5.41 Å². The molecule has 0 fully saturated rings. The van der Waals surface area contributed by atoms with E-state index in [0.29, 0.717) is 0 Å². The monoisotopic (exact) mass is 314 g/mol. The van der Waals surface area contributed by atoms with Gasteiger partial charge in [0.1, 0.15) is 0 Å². The molecular weight excluding hydrogens is 284 g/mol. The van der Waals surface area contributed by atoms with Gasteiger partial charge in [0.2, 0.25) is 0 Å². The van der Waals surface area contributed by atoms with Crippen molar-refractivity contribution in [1.82, 2.24) is 0 Å². The second-order valence-corrected chi connectivity index (χ2v) is 7.08. The molecule has 2 nitrogen and oxygen atoms in total. The van der Waals surface area contributed by atoms with E-state index in [1.54, 1.807) is 6.92 Å². The molecule has 0 saturated carbocycles. The fourth-order valence-corrected chi connectivity index (χ4v) is 3.04. The Bertz CT molecular complexity index is 581. The highest BCUT2D eigenvalue weighted by Crippen LogP contribution is 2.40. The zero-order chi connectivity index (χ0) is 17.5. The average molecular weight is 314 g/mol. The van der Waals surface area contributed by atoms with Crippen LogP contribution in [0.3, 0.4) is 0 Å². The quantitative estimate of drug-likeness (QED) is 0.483. The number of allylic oxidation sites excluding steroid dienone is 9. The second-order valence-electron chi connectivity index (χ2n) is 7.08. The number of carboxylic acid groups (broad SMARTS) is 1. The van der Waals surface area contributed by atoms with Gasteiger partial charge in [-0.2, -0.15) is 0 Å². The molecule has 1 aliphatic rings. The normalized spacial score (nSPS) is 19.9. The van der Waals surface area contributed by atoms with Gasteiger partial charge in [0.25, 0.3) is 0 Å². The Morgan fingerprint density at radius 1 is 1.22 bits per heavy atom. The third kappa shape index (κ3) is 6.85. The number of rotatable bonds is 6. The van der Waals surface area contributed by atoms with Crippen LogP contribution in [0, 0.1) is 5.41 Å². The summed E-state index contributed by atoms with van der Waals surface area (Å²) in [6, 6.07) is 0. The molecule has 0 radical (unpaired) electrons. The molecule has 2 heteroatoms. The predicted octanol–water partition coefficient (Wildman–Crippen LogP) is 5.99. The molecule has 0 saturated heterocycles. The lowest BCUT2D eigenvalue weighted by molar-refractivity contribution is -0.131. The fraction of sp³-hybridized carbons (Fsp3) is 0.476. The van der Waals surface area contributed by atoms with Gasteiger partial charge >= 0.3 is 5.97 Å². The van der Waals surface area contributed by atoms with Gasteiger partial charge < -0.3 is 5.11 Å². The minimum Gasteiger partial charge on any atom is -0.478 e. The van der Waals surface area contributed by atoms with E-state index in [1.165, 1.54) is 42.1 Å². The van der Waals surface area contributed by atoms with Crippen molar-refractivity contribution in [2.75, 3.05) is 0 Å². The molecule has 0 spiro atoms. The van der Waals surface area contributed by atoms with Gasteiger partial charge in [-0.25, -0.2) is 4.79 Å². The summed E-state index contributed by atoms with van der Waals surface area (Å²) in [4.78, 5) is 10.5. The maximum atomic E-state index is 10.5. The number of hydrogen-bond acceptors (Lipinski definition) is 1. The standard InChI is InChI=1S/C21H30O2/c1-16(9-6-7-10-17(2)15-20(22)23)12-13-19-18(3)11-8-14-21(19,4)5/h7,9-10,12-13,15H,6,8,11,14H2,1-5H3,(H,22,23)/b10-7+,13-12+,16-9+,17-15+. The van der Waals surface area contributed by atoms with Gasteiger partial charge in [-0.15, -0.1) is 0 Å². The summed E-state index contributed by atoms with van der Waals surface area (Å²) < 4.78 is 0. The first-order valence-electron chi connectivity index (χ1n) is 8.35. The summed E-state index contributed by atoms with van der Waals surface area (Å²) in [5.74, 6) is -0.902. The van der Waals surface area contributed by atoms with Crippen LogP contribution < -0.4 is 0 Å². The van der Waals surface area contributed by atoms with E-state index in [2.05, 4.69) is 45.9 Å². The van der Waals surface area contributed by atoms with Crippen molar-refractivity contribution in [2.45, 2.75) is 60.3 Å². The van der Waals surface area contributed by atoms with Crippen molar-refractivity contribution in [1.29, 1.82) is 0 Å². The Kier molecular flexibility index (Phi) is 7.28. The van der Waals surface area contributed by atoms with Crippen molar-refractivity contribution in [3.8, 4) is 0 Å². The van der Waals surface area contributed by atoms with Crippen LogP contribution in [0.1, 0.15) is 60.3 Å². The van der Waals surface area contributed by atoms with Gasteiger partial charge in [0.15, 0.2) is 0 Å². The van der Waals surface area contributed by atoms with Gasteiger partial charge in [-0.1, -0.05) is 55.4 Å². The van der Waals surface area contributed by atoms with E-state index in [0.717, 1.165) is 12.0 Å². The topological polar surface area (TPSA) is 37.3 Å². The zero-order valence-electron chi connectivity index (χ0n) is 15.1. The predicted molar refractivity (Wildman–Crippen MR) is 98.4 cm³/mol. The lowest BCUT2D eigenvalue weighted by Gasteiger charge is -2.32. The van der Waals surface area contributed by atoms with Crippen molar-refractivity contribution < 1.29 is 9.90 Å². The minimum atomic E-state index is -0.902. The summed E-state index contributed by atoms with van der Waals surface area (Å²) in [5.41, 5.74) is 5.25. The van der Waals surface area contributed by atoms with Crippen LogP contribution in [0.5, 0.6) is 0 Å². The lowest BCUT2D eigenvalue weighted by atomic mass is 9.72. The van der Waals surface area contributed by atoms with Crippen LogP contribution in [-0.4, -0.2) is 11.1 Å². The summed E-state index contributed by atoms with van der Waals surface area (Å²) in [7, 11) is 0. The number of aliphatic carboxylic acids is 1. The first-order valence-corrected chi connectivity index (χ1v) is 8.35. The number of carboxylic acids is 1. The summed E-state index contributed by atoms with van der Waals surface area (Å²) in [5, 5.41) is 8.65. The lowest BCUT2D eigenvalue weighted by Crippen LogP contribution is -2.19. The molecule has 0 heterocycles. The third-order valence-electron chi connectivity index (χ3n) is 4.36. The first kappa shape index (κ1) is 19.2. The highest BCUT2D eigenvalue weighted by atomic mass is 16.4. The van der Waals surface area contributed by atoms with Crippen molar-refractivity contribution in [3.05, 3.63) is 58.7 Å². The first-order chi connectivity index (χ1) is 10.7. The van der Waals surface area contributed by atoms with Crippen LogP contribution in [0.25, 0.3) is 0 Å². The van der Waals surface area contributed by atoms with Gasteiger partial charge in [-0.05, 0) is 63.0 Å². The Morgan fingerprint density at radius 2 is 1.91 bits per heavy atom. The SMILES string of the molecule is CC1=C(/C=C/C(C)=C/C/C=C/C(C)=C/C(=O)O)C(C)(C)CCC1. The highest BCUT2D eigenvalue weighted by Gasteiger charge is 2.26. The molecule has 1 aliphatic carbocycles. The largest absolute Gasteiger partial charge is 0.478 e. The van der Waals surface area contributed by atoms with Gasteiger partial charge in [-0.3, -0.25) is 0 Å². The molecule has 0 bridgehead atoms. The zero-order valence-corrected chi connectivity index (χ0v) is 15.1. The van der Waals surface area contributed by atoms with E-state index in [4.69, 9.17) is 5.11 Å². The second kappa shape index (κ2) is 8.71. The van der Waals surface area contributed by atoms with Crippen LogP contribution >= 0.6 is 0 Å². The Labute approximate surface area is 141 Å². The van der Waals surface area contributed by atoms with E-state index in [1.807, 2.05) is 12.2 Å². The molecular formula is C21H30O2. The molecule has 0 amide bonds. The molecule has 1 rings (SSSR count). The molecule has 1 N–H and O–H groups in total. The highest BCUT2D eigenvalue weighted by molar-refractivity contribution is 5.81. The Balaban J connectivity index is 2.67. The van der Waals surface area contributed by atoms with Crippen LogP contribution in [0.4, 0.5) is 0 Å². The van der Waals surface area contributed by atoms with E-state index in [-0.39, 0.29) is 5.41 Å². The molecule has 0 unspecified atom stereocenters. The average Bonchev–Trinajstić information content (AvgIpc) is 2.41. The maximum absolute atomic E-state index is 10.5. The van der Waals surface area contributed by atoms with E-state index in [9.17, 15) is 4.79 Å². The number of carbonyl (C=O) groups is 1. The molecule has 0 aromatic heterocycles. The fourth-order valence-electron chi connectivity index (χ4n) is 3.04. The molecule has 126 valence electrons. The number of hydrogen-bond donors (Lipinski definition) is 1. The van der Waals surface area contributed by atoms with Crippen LogP contribution in [0.15, 0.2) is 58.7 Å². The molecule has 23 heavy (non-hydrogen) atoms. The smallest absolute Gasteiger partial charge is 0.328 e. The summed E-state index contributed by atoms with van der Waals surface area (Å²) >= 11 is 0. The van der Waals surface area contributed by atoms with Crippen molar-refractivity contribution in [3.63, 3.8) is 0 Å². The Morgan fingerprint density at radius 3 is 2.52 bits per heavy atom. The van der Waals surface area contributed by atoms with E-state index >= 15 is 0 Å². The Hall–Kier alpha value is -1.83. The molecule has 0 aliphatic heterocycles. The van der Waals surface area contributed by atoms with Crippen LogP contribution in [-0.2, 0) is 4.79 Å². The van der Waals surface area contributed by atoms with Gasteiger partial charge in [0, 0.05) is 6.08 Å². The van der Waals surface area contributed by atoms with E-state index < -0.39 is 5.97 Å². The summed E-state index contributed by atoms with van der Waals surface area (Å²) in [6.45, 7) is 10.8. The third-order valence-corrected chi connectivity index (χ3v) is 4.36. The maximum Gasteiger partial charge on any atom is 0.328 e. The van der Waals surface area contributed by atoms with Gasteiger partial charge in [0.05, 0.1) is 0 Å².